The summed E-state index contributed by atoms with van der Waals surface area (Å²) in [5.74, 6) is -0.996. The molecule has 294 valence electrons. The highest BCUT2D eigenvalue weighted by atomic mass is 16.7. The summed E-state index contributed by atoms with van der Waals surface area (Å²) in [5, 5.41) is 39.1. The van der Waals surface area contributed by atoms with Crippen LogP contribution in [0, 0.1) is 29.1 Å². The van der Waals surface area contributed by atoms with Gasteiger partial charge in [-0.25, -0.2) is 4.79 Å². The van der Waals surface area contributed by atoms with Gasteiger partial charge in [0.1, 0.15) is 6.10 Å². The van der Waals surface area contributed by atoms with Gasteiger partial charge in [-0.15, -0.1) is 0 Å². The van der Waals surface area contributed by atoms with Crippen molar-refractivity contribution in [3.8, 4) is 0 Å². The molecule has 0 bridgehead atoms. The quantitative estimate of drug-likeness (QED) is 0.0884. The lowest BCUT2D eigenvalue weighted by Gasteiger charge is -2.52. The Balaban J connectivity index is 0.000000294. The number of ketones is 2. The van der Waals surface area contributed by atoms with E-state index >= 15 is 0 Å². The van der Waals surface area contributed by atoms with Crippen molar-refractivity contribution in [1.29, 1.82) is 0 Å². The highest BCUT2D eigenvalue weighted by Crippen LogP contribution is 2.61. The van der Waals surface area contributed by atoms with Crippen LogP contribution in [-0.4, -0.2) is 74.6 Å². The molecule has 0 spiro atoms. The van der Waals surface area contributed by atoms with Crippen LogP contribution < -0.4 is 0 Å². The molecule has 54 heavy (non-hydrogen) atoms. The molecule has 9 atom stereocenters. The minimum Gasteiger partial charge on any atom is -0.481 e. The second kappa shape index (κ2) is 18.7. The number of aliphatic hydroxyl groups is 3. The Morgan fingerprint density at radius 1 is 1.06 bits per heavy atom. The van der Waals surface area contributed by atoms with E-state index in [0.717, 1.165) is 50.5 Å². The molecular formula is C44H58O10. The van der Waals surface area contributed by atoms with Crippen molar-refractivity contribution < 1.29 is 49.1 Å². The average Bonchev–Trinajstić information content (AvgIpc) is 3.68. The number of hydrogen-bond acceptors (Lipinski definition) is 9. The molecule has 0 saturated heterocycles. The van der Waals surface area contributed by atoms with Gasteiger partial charge in [-0.2, -0.15) is 0 Å². The maximum absolute atomic E-state index is 13.2. The summed E-state index contributed by atoms with van der Waals surface area (Å²) in [6.45, 7) is 5.58. The molecule has 9 unspecified atom stereocenters. The molecule has 0 aromatic heterocycles. The minimum atomic E-state index is -1.13. The molecule has 6 rings (SSSR count). The van der Waals surface area contributed by atoms with Crippen molar-refractivity contribution >= 4 is 23.7 Å². The lowest BCUT2D eigenvalue weighted by atomic mass is 9.53. The van der Waals surface area contributed by atoms with Crippen LogP contribution in [0.25, 0.3) is 0 Å². The zero-order valence-electron chi connectivity index (χ0n) is 31.6. The Kier molecular flexibility index (Phi) is 14.3. The van der Waals surface area contributed by atoms with Crippen LogP contribution in [-0.2, 0) is 30.3 Å². The van der Waals surface area contributed by atoms with Gasteiger partial charge in [0.25, 0.3) is 0 Å². The van der Waals surface area contributed by atoms with Gasteiger partial charge < -0.3 is 29.9 Å². The molecule has 10 heteroatoms. The van der Waals surface area contributed by atoms with Gasteiger partial charge in [0.05, 0.1) is 23.7 Å². The van der Waals surface area contributed by atoms with Crippen molar-refractivity contribution in [3.63, 3.8) is 0 Å². The van der Waals surface area contributed by atoms with Gasteiger partial charge in [-0.1, -0.05) is 79.3 Å². The first-order valence-corrected chi connectivity index (χ1v) is 19.8. The summed E-state index contributed by atoms with van der Waals surface area (Å²) in [7, 11) is 0. The molecule has 3 fully saturated rings. The molecule has 1 aromatic carbocycles. The first kappa shape index (κ1) is 41.3. The lowest BCUT2D eigenvalue weighted by molar-refractivity contribution is -0.138. The number of ether oxygens (including phenoxy) is 2. The lowest BCUT2D eigenvalue weighted by Crippen LogP contribution is -2.51. The van der Waals surface area contributed by atoms with Crippen LogP contribution >= 0.6 is 0 Å². The zero-order chi connectivity index (χ0) is 38.9. The van der Waals surface area contributed by atoms with Crippen LogP contribution in [0.2, 0.25) is 0 Å². The first-order chi connectivity index (χ1) is 25.8. The van der Waals surface area contributed by atoms with Crippen molar-refractivity contribution in [3.05, 3.63) is 84.0 Å². The number of carbonyl (C=O) groups excluding carboxylic acids is 3. The largest absolute Gasteiger partial charge is 0.509 e. The average molecular weight is 747 g/mol. The van der Waals surface area contributed by atoms with E-state index in [0.29, 0.717) is 44.9 Å². The van der Waals surface area contributed by atoms with Crippen molar-refractivity contribution in [2.24, 2.45) is 29.1 Å². The second-order valence-electron chi connectivity index (χ2n) is 16.1. The van der Waals surface area contributed by atoms with Gasteiger partial charge in [0.2, 0.25) is 0 Å². The number of hydrogen-bond donors (Lipinski definition) is 4. The number of aliphatic carboxylic acids is 1. The maximum Gasteiger partial charge on any atom is 0.509 e. The highest BCUT2D eigenvalue weighted by molar-refractivity contribution is 5.92. The van der Waals surface area contributed by atoms with Gasteiger partial charge in [-0.3, -0.25) is 14.4 Å². The fourth-order valence-electron chi connectivity index (χ4n) is 9.62. The molecular weight excluding hydrogens is 688 g/mol. The van der Waals surface area contributed by atoms with Gasteiger partial charge in [0, 0.05) is 18.3 Å². The Morgan fingerprint density at radius 2 is 1.83 bits per heavy atom. The van der Waals surface area contributed by atoms with Crippen molar-refractivity contribution in [2.45, 2.75) is 127 Å². The Labute approximate surface area is 319 Å². The molecule has 5 aliphatic rings. The molecule has 10 nitrogen and oxygen atoms in total. The minimum absolute atomic E-state index is 0.00235. The molecule has 1 aromatic rings. The Morgan fingerprint density at radius 3 is 2.54 bits per heavy atom. The SMILES string of the molecule is C=CC(CCc1ccccc1)OC(=O)OCC(=O)C1CCC2C3CCC4=CC(=O)CCC4(C)C3=CCC12O.O=C(O)CCC/C=C\CC1CC(O)CC1O. The van der Waals surface area contributed by atoms with Crippen LogP contribution in [0.5, 0.6) is 0 Å². The molecule has 4 N–H and O–H groups in total. The standard InChI is InChI=1S/C32H38O6.C12H20O4/c1-3-24(11-9-21-7-5-4-6-8-21)38-30(35)37-20-29(34)28-14-13-27-25-12-10-22-19-23(33)15-17-31(22,2)26(25)16-18-32(27,28)36;13-10-7-9(11(14)8-10)5-3-1-2-4-6-12(15)16/h3-8,16,19,24-25,27-28,36H,1,9-15,17-18,20H2,2H3;1,3,9-11,13-14H,2,4-8H2,(H,15,16)/b;3-1-. The summed E-state index contributed by atoms with van der Waals surface area (Å²) < 4.78 is 10.6. The van der Waals surface area contributed by atoms with Crippen molar-refractivity contribution in [2.75, 3.05) is 6.61 Å². The number of benzene rings is 1. The molecule has 3 saturated carbocycles. The highest BCUT2D eigenvalue weighted by Gasteiger charge is 2.59. The number of unbranched alkanes of at least 4 members (excludes halogenated alkanes) is 1. The number of Topliss-reactive ketones (excluding diaryl/α,β-unsaturated/α-hetero) is 1. The monoisotopic (exact) mass is 746 g/mol. The number of allylic oxidation sites excluding steroid dienone is 5. The van der Waals surface area contributed by atoms with E-state index in [4.69, 9.17) is 14.6 Å². The van der Waals surface area contributed by atoms with E-state index in [1.807, 2.05) is 48.6 Å². The van der Waals surface area contributed by atoms with E-state index in [-0.39, 0.29) is 47.3 Å². The van der Waals surface area contributed by atoms with Crippen LogP contribution in [0.4, 0.5) is 4.79 Å². The second-order valence-corrected chi connectivity index (χ2v) is 16.1. The summed E-state index contributed by atoms with van der Waals surface area (Å²) in [6, 6.07) is 9.90. The smallest absolute Gasteiger partial charge is 0.481 e. The number of aryl methyl sites for hydroxylation is 1. The van der Waals surface area contributed by atoms with Crippen LogP contribution in [0.3, 0.4) is 0 Å². The zero-order valence-corrected chi connectivity index (χ0v) is 31.6. The predicted molar refractivity (Wildman–Crippen MR) is 203 cm³/mol. The van der Waals surface area contributed by atoms with Gasteiger partial charge in [0.15, 0.2) is 18.2 Å². The molecule has 0 aliphatic heterocycles. The van der Waals surface area contributed by atoms with Gasteiger partial charge >= 0.3 is 12.1 Å². The number of fused-ring (bicyclic) bond motifs is 5. The first-order valence-electron chi connectivity index (χ1n) is 19.8. The number of carboxylic acids is 1. The van der Waals surface area contributed by atoms with E-state index in [1.165, 1.54) is 11.1 Å². The molecule has 0 radical (unpaired) electrons. The van der Waals surface area contributed by atoms with Crippen LogP contribution in [0.1, 0.15) is 102 Å². The third kappa shape index (κ3) is 10.1. The molecule has 0 heterocycles. The van der Waals surface area contributed by atoms with E-state index in [1.54, 1.807) is 6.08 Å². The third-order valence-corrected chi connectivity index (χ3v) is 12.6. The van der Waals surface area contributed by atoms with Gasteiger partial charge in [-0.05, 0) is 113 Å². The van der Waals surface area contributed by atoms with Crippen molar-refractivity contribution in [1.82, 2.24) is 0 Å². The fourth-order valence-corrected chi connectivity index (χ4v) is 9.62. The molecule has 5 aliphatic carbocycles. The van der Waals surface area contributed by atoms with E-state index < -0.39 is 42.5 Å². The maximum atomic E-state index is 13.2. The van der Waals surface area contributed by atoms with Crippen LogP contribution in [0.15, 0.2) is 78.4 Å². The summed E-state index contributed by atoms with van der Waals surface area (Å²) in [4.78, 5) is 47.8. The topological polar surface area (TPSA) is 168 Å². The fraction of sp³-hybridized carbons (Fsp3) is 0.591. The third-order valence-electron chi connectivity index (χ3n) is 12.6. The summed E-state index contributed by atoms with van der Waals surface area (Å²) in [6.07, 6.45) is 17.1. The molecule has 0 amide bonds. The predicted octanol–water partition coefficient (Wildman–Crippen LogP) is 7.01. The van der Waals surface area contributed by atoms with E-state index in [9.17, 15) is 34.5 Å². The normalized spacial score (nSPS) is 31.8. The number of rotatable bonds is 14. The number of aliphatic hydroxyl groups excluding tert-OH is 2. The van der Waals surface area contributed by atoms with E-state index in [2.05, 4.69) is 19.6 Å². The summed E-state index contributed by atoms with van der Waals surface area (Å²) >= 11 is 0. The Hall–Kier alpha value is -3.86. The summed E-state index contributed by atoms with van der Waals surface area (Å²) in [5.41, 5.74) is 2.46. The Bertz CT molecular complexity index is 1590. The number of carbonyl (C=O) groups is 4. The number of carboxylic acid groups (broad SMARTS) is 1.